The van der Waals surface area contributed by atoms with Crippen LogP contribution in [0.3, 0.4) is 0 Å². The van der Waals surface area contributed by atoms with Gasteiger partial charge in [-0.05, 0) is 79.2 Å². The summed E-state index contributed by atoms with van der Waals surface area (Å²) in [7, 11) is 0. The topological polar surface area (TPSA) is 205 Å². The highest BCUT2D eigenvalue weighted by Gasteiger charge is 2.18. The maximum absolute atomic E-state index is 13.6. The Morgan fingerprint density at radius 1 is 0.646 bits per heavy atom. The molecule has 0 saturated heterocycles. The molecule has 6 rings (SSSR count). The smallest absolute Gasteiger partial charge is 0.272 e. The van der Waals surface area contributed by atoms with Gasteiger partial charge >= 0.3 is 0 Å². The largest absolute Gasteiger partial charge is 0.351 e. The maximum atomic E-state index is 13.6. The van der Waals surface area contributed by atoms with Crippen LogP contribution in [0.1, 0.15) is 55.2 Å². The maximum Gasteiger partial charge on any atom is 0.272 e. The fourth-order valence-electron chi connectivity index (χ4n) is 5.69. The second-order valence-electron chi connectivity index (χ2n) is 11.4. The van der Waals surface area contributed by atoms with Crippen molar-refractivity contribution in [3.8, 4) is 0 Å². The van der Waals surface area contributed by atoms with E-state index in [1.807, 2.05) is 23.6 Å². The van der Waals surface area contributed by atoms with Crippen molar-refractivity contribution in [1.82, 2.24) is 25.2 Å². The number of aromatic amines is 2. The highest BCUT2D eigenvalue weighted by molar-refractivity contribution is 6.10. The molecule has 0 bridgehead atoms. The van der Waals surface area contributed by atoms with Gasteiger partial charge in [0.2, 0.25) is 0 Å². The third-order valence-corrected chi connectivity index (χ3v) is 7.95. The van der Waals surface area contributed by atoms with Crippen LogP contribution in [0.15, 0.2) is 72.8 Å². The number of hydrogen-bond acceptors (Lipinski definition) is 6. The zero-order valence-electron chi connectivity index (χ0n) is 26.4. The van der Waals surface area contributed by atoms with E-state index in [4.69, 9.17) is 11.5 Å². The number of hydrogen-bond donors (Lipinski definition) is 8. The molecule has 48 heavy (non-hydrogen) atoms. The quantitative estimate of drug-likeness (QED) is 0.0988. The summed E-state index contributed by atoms with van der Waals surface area (Å²) >= 11 is 0. The molecule has 10 N–H and O–H groups in total. The van der Waals surface area contributed by atoms with Crippen LogP contribution < -0.4 is 32.7 Å². The molecule has 3 heterocycles. The molecule has 0 fully saturated rings. The first-order valence-corrected chi connectivity index (χ1v) is 15.8. The standard InChI is InChI=1S/C35H37N9O4/c1-2-13-44-30-8-3-20(32(45)40-24-4-6-26-21(15-24)17-28(42-26)33(46)38-11-9-36)14-23(30)19-31(44)35(48)41-25-5-7-27-22(16-25)18-29(43-27)34(47)39-12-10-37/h3-8,14-19,42-43H,2,9-13,36-37H2,1H3,(H,38,46)(H,39,47)(H,40,45)(H,41,48). The van der Waals surface area contributed by atoms with Crippen LogP contribution in [-0.2, 0) is 6.54 Å². The Balaban J connectivity index is 1.20. The lowest BCUT2D eigenvalue weighted by molar-refractivity contribution is 0.0942. The number of nitrogens with zero attached hydrogens (tertiary/aromatic N) is 1. The van der Waals surface area contributed by atoms with Crippen molar-refractivity contribution in [2.45, 2.75) is 19.9 Å². The van der Waals surface area contributed by atoms with Gasteiger partial charge in [-0.15, -0.1) is 0 Å². The van der Waals surface area contributed by atoms with Crippen LogP contribution in [0.25, 0.3) is 32.7 Å². The van der Waals surface area contributed by atoms with E-state index in [0.29, 0.717) is 66.7 Å². The number of carbonyl (C=O) groups is 4. The zero-order chi connectivity index (χ0) is 33.8. The summed E-state index contributed by atoms with van der Waals surface area (Å²) in [6.07, 6.45) is 0.800. The lowest BCUT2D eigenvalue weighted by Gasteiger charge is -2.11. The highest BCUT2D eigenvalue weighted by atomic mass is 16.2. The van der Waals surface area contributed by atoms with Crippen molar-refractivity contribution in [2.24, 2.45) is 11.5 Å². The zero-order valence-corrected chi connectivity index (χ0v) is 26.4. The number of anilines is 2. The van der Waals surface area contributed by atoms with Crippen molar-refractivity contribution < 1.29 is 19.2 Å². The van der Waals surface area contributed by atoms with Gasteiger partial charge in [-0.25, -0.2) is 0 Å². The van der Waals surface area contributed by atoms with E-state index in [2.05, 4.69) is 31.2 Å². The molecule has 0 aliphatic heterocycles. The minimum Gasteiger partial charge on any atom is -0.351 e. The van der Waals surface area contributed by atoms with Gasteiger partial charge in [0.15, 0.2) is 0 Å². The first kappa shape index (κ1) is 32.0. The summed E-state index contributed by atoms with van der Waals surface area (Å²) in [6.45, 7) is 4.08. The van der Waals surface area contributed by atoms with Crippen molar-refractivity contribution in [1.29, 1.82) is 0 Å². The van der Waals surface area contributed by atoms with Gasteiger partial charge in [-0.3, -0.25) is 19.2 Å². The van der Waals surface area contributed by atoms with Crippen molar-refractivity contribution >= 4 is 67.7 Å². The summed E-state index contributed by atoms with van der Waals surface area (Å²) in [4.78, 5) is 57.7. The van der Waals surface area contributed by atoms with Crippen molar-refractivity contribution in [2.75, 3.05) is 36.8 Å². The normalized spacial score (nSPS) is 11.2. The minimum absolute atomic E-state index is 0.250. The van der Waals surface area contributed by atoms with Crippen LogP contribution in [0.2, 0.25) is 0 Å². The molecule has 4 amide bonds. The van der Waals surface area contributed by atoms with Gasteiger partial charge in [0, 0.05) is 82.4 Å². The molecule has 3 aromatic carbocycles. The molecular weight excluding hydrogens is 610 g/mol. The number of carbonyl (C=O) groups excluding carboxylic acids is 4. The second-order valence-corrected chi connectivity index (χ2v) is 11.4. The second kappa shape index (κ2) is 13.8. The van der Waals surface area contributed by atoms with Crippen LogP contribution >= 0.6 is 0 Å². The van der Waals surface area contributed by atoms with E-state index in [0.717, 1.165) is 39.1 Å². The van der Waals surface area contributed by atoms with Gasteiger partial charge in [-0.2, -0.15) is 0 Å². The first-order valence-electron chi connectivity index (χ1n) is 15.8. The fraction of sp³-hybridized carbons (Fsp3) is 0.200. The number of rotatable bonds is 12. The molecule has 3 aromatic heterocycles. The van der Waals surface area contributed by atoms with Gasteiger partial charge in [0.05, 0.1) is 0 Å². The van der Waals surface area contributed by atoms with Crippen LogP contribution in [0.5, 0.6) is 0 Å². The highest BCUT2D eigenvalue weighted by Crippen LogP contribution is 2.26. The van der Waals surface area contributed by atoms with E-state index in [1.165, 1.54) is 0 Å². The third kappa shape index (κ3) is 6.63. The van der Waals surface area contributed by atoms with Gasteiger partial charge in [0.25, 0.3) is 23.6 Å². The number of aromatic nitrogens is 3. The van der Waals surface area contributed by atoms with E-state index in [1.54, 1.807) is 60.7 Å². The summed E-state index contributed by atoms with van der Waals surface area (Å²) in [5.74, 6) is -1.10. The Morgan fingerprint density at radius 3 is 1.75 bits per heavy atom. The molecular formula is C35H37N9O4. The average molecular weight is 648 g/mol. The lowest BCUT2D eigenvalue weighted by atomic mass is 10.1. The molecule has 0 aliphatic carbocycles. The molecule has 0 atom stereocenters. The van der Waals surface area contributed by atoms with Crippen LogP contribution in [0, 0.1) is 0 Å². The molecule has 13 heteroatoms. The summed E-state index contributed by atoms with van der Waals surface area (Å²) in [5.41, 5.74) is 16.2. The number of H-pyrrole nitrogens is 2. The van der Waals surface area contributed by atoms with Gasteiger partial charge in [0.1, 0.15) is 17.1 Å². The predicted octanol–water partition coefficient (Wildman–Crippen LogP) is 3.90. The molecule has 0 unspecified atom stereocenters. The molecule has 6 aromatic rings. The Hall–Kier alpha value is -5.92. The average Bonchev–Trinajstić information content (AvgIpc) is 3.81. The predicted molar refractivity (Wildman–Crippen MR) is 188 cm³/mol. The van der Waals surface area contributed by atoms with Crippen LogP contribution in [0.4, 0.5) is 11.4 Å². The number of aryl methyl sites for hydroxylation is 1. The SMILES string of the molecule is CCCn1c(C(=O)Nc2ccc3[nH]c(C(=O)NCCN)cc3c2)cc2cc(C(=O)Nc3ccc4[nH]c(C(=O)NCCN)cc4c3)ccc21. The number of nitrogens with one attached hydrogen (secondary N) is 6. The minimum atomic E-state index is -0.308. The van der Waals surface area contributed by atoms with E-state index in [9.17, 15) is 19.2 Å². The molecule has 0 saturated carbocycles. The molecule has 0 spiro atoms. The first-order chi connectivity index (χ1) is 23.3. The molecule has 246 valence electrons. The molecule has 13 nitrogen and oxygen atoms in total. The Bertz CT molecular complexity index is 2180. The number of fused-ring (bicyclic) bond motifs is 3. The summed E-state index contributed by atoms with van der Waals surface area (Å²) in [5, 5.41) is 13.7. The number of nitrogens with two attached hydrogens (primary N) is 2. The van der Waals surface area contributed by atoms with Crippen LogP contribution in [-0.4, -0.2) is 64.3 Å². The summed E-state index contributed by atoms with van der Waals surface area (Å²) < 4.78 is 1.95. The fourth-order valence-corrected chi connectivity index (χ4v) is 5.69. The lowest BCUT2D eigenvalue weighted by Crippen LogP contribution is -2.29. The summed E-state index contributed by atoms with van der Waals surface area (Å²) in [6, 6.07) is 21.3. The van der Waals surface area contributed by atoms with Crippen molar-refractivity contribution in [3.05, 3.63) is 95.4 Å². The molecule has 0 aliphatic rings. The number of amides is 4. The van der Waals surface area contributed by atoms with Gasteiger partial charge in [-0.1, -0.05) is 6.92 Å². The molecule has 0 radical (unpaired) electrons. The van der Waals surface area contributed by atoms with E-state index < -0.39 is 0 Å². The van der Waals surface area contributed by atoms with E-state index >= 15 is 0 Å². The monoisotopic (exact) mass is 647 g/mol. The Morgan fingerprint density at radius 2 is 1.21 bits per heavy atom. The Kier molecular flexibility index (Phi) is 9.23. The van der Waals surface area contributed by atoms with E-state index in [-0.39, 0.29) is 23.6 Å². The van der Waals surface area contributed by atoms with Gasteiger partial charge < -0.3 is 47.3 Å². The number of benzene rings is 3. The Labute approximate surface area is 275 Å². The van der Waals surface area contributed by atoms with Crippen molar-refractivity contribution in [3.63, 3.8) is 0 Å². The third-order valence-electron chi connectivity index (χ3n) is 7.95.